The van der Waals surface area contributed by atoms with Crippen molar-refractivity contribution in [1.29, 1.82) is 0 Å². The molecule has 0 spiro atoms. The molecular weight excluding hydrogens is 335 g/mol. The maximum Gasteiger partial charge on any atom is 0.151 e. The third kappa shape index (κ3) is 2.40. The number of carbonyl (C=O) groups is 1. The lowest BCUT2D eigenvalue weighted by molar-refractivity contribution is 0.112. The highest BCUT2D eigenvalue weighted by molar-refractivity contribution is 14.2. The van der Waals surface area contributed by atoms with E-state index >= 15 is 0 Å². The molecule has 0 aliphatic rings. The highest BCUT2D eigenvalue weighted by atomic mass is 127. The van der Waals surface area contributed by atoms with Gasteiger partial charge in [-0.05, 0) is 18.6 Å². The predicted molar refractivity (Wildman–Crippen MR) is 78.2 cm³/mol. The molecule has 0 saturated heterocycles. The molecule has 16 heavy (non-hydrogen) atoms. The first-order valence-corrected chi connectivity index (χ1v) is 8.30. The molecule has 0 radical (unpaired) electrons. The van der Waals surface area contributed by atoms with Gasteiger partial charge in [-0.25, -0.2) is 4.98 Å². The number of rotatable bonds is 2. The van der Waals surface area contributed by atoms with Crippen LogP contribution in [0, 0.1) is 6.92 Å². The summed E-state index contributed by atoms with van der Waals surface area (Å²) in [6.07, 6.45) is 4.52. The van der Waals surface area contributed by atoms with Crippen LogP contribution in [0.1, 0.15) is 29.8 Å². The van der Waals surface area contributed by atoms with Crippen LogP contribution in [0.4, 0.5) is 0 Å². The molecule has 0 aliphatic heterocycles. The monoisotopic (exact) mass is 348 g/mol. The summed E-state index contributed by atoms with van der Waals surface area (Å²) in [5.41, 5.74) is 2.64. The van der Waals surface area contributed by atoms with Crippen LogP contribution < -0.4 is 0 Å². The van der Waals surface area contributed by atoms with Crippen LogP contribution in [0.2, 0.25) is 0 Å². The second-order valence-electron chi connectivity index (χ2n) is 2.92. The van der Waals surface area contributed by atoms with E-state index in [-0.39, 0.29) is 0 Å². The zero-order valence-electron chi connectivity index (χ0n) is 9.40. The van der Waals surface area contributed by atoms with Crippen molar-refractivity contribution >= 4 is 47.6 Å². The fraction of sp³-hybridized carbons (Fsp3) is 0.273. The Morgan fingerprint density at radius 1 is 1.50 bits per heavy atom. The minimum Gasteiger partial charge on any atom is -0.298 e. The number of aryl methyl sites for hydroxylation is 1. The molecule has 0 N–H and O–H groups in total. The Labute approximate surface area is 111 Å². The third-order valence-electron chi connectivity index (χ3n) is 2.08. The molecule has 3 nitrogen and oxygen atoms in total. The smallest absolute Gasteiger partial charge is 0.151 e. The number of fused-ring (bicyclic) bond motifs is 1. The molecule has 2 heterocycles. The number of hydrogen-bond donors (Lipinski definition) is 0. The molecule has 0 aromatic carbocycles. The van der Waals surface area contributed by atoms with Crippen LogP contribution in [0.5, 0.6) is 0 Å². The van der Waals surface area contributed by atoms with Crippen molar-refractivity contribution in [2.75, 3.05) is 0 Å². The lowest BCUT2D eigenvalue weighted by Crippen LogP contribution is -1.87. The highest BCUT2D eigenvalue weighted by Gasteiger charge is 2.09. The minimum absolute atomic E-state index is 0.705. The SMILES string of the molecule is CC.Cc1cn(SI)c2nccc(C=O)c12. The summed E-state index contributed by atoms with van der Waals surface area (Å²) in [5, 5.41) is 0.951. The minimum atomic E-state index is 0.705. The molecule has 0 atom stereocenters. The summed E-state index contributed by atoms with van der Waals surface area (Å²) < 4.78 is 1.96. The summed E-state index contributed by atoms with van der Waals surface area (Å²) in [7, 11) is 1.55. The molecule has 0 aliphatic carbocycles. The summed E-state index contributed by atoms with van der Waals surface area (Å²) in [4.78, 5) is 15.1. The Bertz CT molecular complexity index is 496. The van der Waals surface area contributed by atoms with Crippen LogP contribution in [0.3, 0.4) is 0 Å². The normalized spacial score (nSPS) is 9.75. The van der Waals surface area contributed by atoms with Gasteiger partial charge in [-0.3, -0.25) is 8.77 Å². The standard InChI is InChI=1S/C9H7IN2OS.C2H6/c1-6-4-12(14-10)9-8(6)7(5-13)2-3-11-9;1-2/h2-5H,1H3;1-2H3. The molecule has 2 aromatic rings. The van der Waals surface area contributed by atoms with Crippen molar-refractivity contribution < 1.29 is 4.79 Å². The zero-order chi connectivity index (χ0) is 12.1. The van der Waals surface area contributed by atoms with Crippen LogP contribution in [-0.2, 0) is 0 Å². The summed E-state index contributed by atoms with van der Waals surface area (Å²) in [5.74, 6) is 0. The Morgan fingerprint density at radius 3 is 2.75 bits per heavy atom. The van der Waals surface area contributed by atoms with Gasteiger partial charge < -0.3 is 0 Å². The van der Waals surface area contributed by atoms with Gasteiger partial charge in [0.25, 0.3) is 0 Å². The van der Waals surface area contributed by atoms with Gasteiger partial charge in [-0.15, -0.1) is 0 Å². The quantitative estimate of drug-likeness (QED) is 0.607. The predicted octanol–water partition coefficient (Wildman–Crippen LogP) is 4.03. The largest absolute Gasteiger partial charge is 0.298 e. The second-order valence-corrected chi connectivity index (χ2v) is 4.64. The number of halogens is 1. The van der Waals surface area contributed by atoms with E-state index in [1.54, 1.807) is 21.4 Å². The van der Waals surface area contributed by atoms with Crippen molar-refractivity contribution in [2.45, 2.75) is 20.8 Å². The first kappa shape index (κ1) is 13.5. The summed E-state index contributed by atoms with van der Waals surface area (Å²) >= 11 is 2.19. The van der Waals surface area contributed by atoms with Crippen molar-refractivity contribution in [1.82, 2.24) is 8.96 Å². The van der Waals surface area contributed by atoms with Crippen molar-refractivity contribution in [3.8, 4) is 0 Å². The second kappa shape index (κ2) is 6.24. The molecular formula is C11H13IN2OS. The van der Waals surface area contributed by atoms with Gasteiger partial charge in [0.1, 0.15) is 0 Å². The first-order valence-electron chi connectivity index (χ1n) is 4.99. The van der Waals surface area contributed by atoms with Gasteiger partial charge in [0.15, 0.2) is 11.9 Å². The van der Waals surface area contributed by atoms with Crippen molar-refractivity contribution in [3.63, 3.8) is 0 Å². The summed E-state index contributed by atoms with van der Waals surface area (Å²) in [6.45, 7) is 5.99. The molecule has 5 heteroatoms. The molecule has 0 amide bonds. The van der Waals surface area contributed by atoms with Gasteiger partial charge in [0.2, 0.25) is 0 Å². The topological polar surface area (TPSA) is 34.9 Å². The maximum atomic E-state index is 10.8. The lowest BCUT2D eigenvalue weighted by Gasteiger charge is -1.97. The third-order valence-corrected chi connectivity index (χ3v) is 3.78. The molecule has 0 bridgehead atoms. The molecule has 0 fully saturated rings. The van der Waals surface area contributed by atoms with E-state index in [9.17, 15) is 4.79 Å². The maximum absolute atomic E-state index is 10.8. The van der Waals surface area contributed by atoms with Crippen LogP contribution >= 0.6 is 30.3 Å². The van der Waals surface area contributed by atoms with Gasteiger partial charge >= 0.3 is 0 Å². The van der Waals surface area contributed by atoms with E-state index < -0.39 is 0 Å². The Kier molecular flexibility index (Phi) is 5.27. The van der Waals surface area contributed by atoms with E-state index in [2.05, 4.69) is 26.2 Å². The van der Waals surface area contributed by atoms with Gasteiger partial charge in [-0.1, -0.05) is 13.8 Å². The number of aromatic nitrogens is 2. The van der Waals surface area contributed by atoms with E-state index in [0.717, 1.165) is 22.9 Å². The van der Waals surface area contributed by atoms with Crippen LogP contribution in [-0.4, -0.2) is 15.2 Å². The fourth-order valence-corrected chi connectivity index (χ4v) is 2.79. The zero-order valence-corrected chi connectivity index (χ0v) is 12.4. The Balaban J connectivity index is 0.000000606. The van der Waals surface area contributed by atoms with Crippen molar-refractivity contribution in [2.24, 2.45) is 0 Å². The Hall–Kier alpha value is -0.560. The van der Waals surface area contributed by atoms with Gasteiger partial charge in [0, 0.05) is 53.7 Å². The number of carbonyl (C=O) groups excluding carboxylic acids is 1. The van der Waals surface area contributed by atoms with Gasteiger partial charge in [0.05, 0.1) is 0 Å². The van der Waals surface area contributed by atoms with Crippen LogP contribution in [0.15, 0.2) is 18.5 Å². The average molecular weight is 348 g/mol. The Morgan fingerprint density at radius 2 is 2.19 bits per heavy atom. The number of aldehydes is 1. The number of pyridine rings is 1. The molecule has 2 rings (SSSR count). The van der Waals surface area contributed by atoms with E-state index in [0.29, 0.717) is 5.56 Å². The van der Waals surface area contributed by atoms with E-state index in [1.807, 2.05) is 30.9 Å². The molecule has 2 aromatic heterocycles. The van der Waals surface area contributed by atoms with E-state index in [4.69, 9.17) is 0 Å². The molecule has 0 unspecified atom stereocenters. The van der Waals surface area contributed by atoms with E-state index in [1.165, 1.54) is 0 Å². The molecule has 86 valence electrons. The average Bonchev–Trinajstić information content (AvgIpc) is 2.69. The fourth-order valence-electron chi connectivity index (χ4n) is 1.49. The molecule has 0 saturated carbocycles. The number of nitrogens with zero attached hydrogens (tertiary/aromatic N) is 2. The summed E-state index contributed by atoms with van der Waals surface area (Å²) in [6, 6.07) is 1.74. The van der Waals surface area contributed by atoms with Crippen molar-refractivity contribution in [3.05, 3.63) is 29.6 Å². The highest BCUT2D eigenvalue weighted by Crippen LogP contribution is 2.27. The first-order chi connectivity index (χ1) is 7.77. The lowest BCUT2D eigenvalue weighted by atomic mass is 10.1. The van der Waals surface area contributed by atoms with Gasteiger partial charge in [-0.2, -0.15) is 0 Å². The number of hydrogen-bond acceptors (Lipinski definition) is 3. The van der Waals surface area contributed by atoms with Crippen LogP contribution in [0.25, 0.3) is 11.0 Å².